The number of rotatable bonds is 6. The lowest BCUT2D eigenvalue weighted by Crippen LogP contribution is -2.60. The molecule has 3 aromatic rings. The van der Waals surface area contributed by atoms with Crippen molar-refractivity contribution in [3.8, 4) is 0 Å². The molecule has 0 bridgehead atoms. The van der Waals surface area contributed by atoms with Gasteiger partial charge < -0.3 is 0 Å². The molecule has 5 rings (SSSR count). The minimum atomic E-state index is -1.31. The monoisotopic (exact) mass is 467 g/mol. The van der Waals surface area contributed by atoms with Gasteiger partial charge in [-0.1, -0.05) is 62.4 Å². The normalized spacial score (nSPS) is 18.1. The molecule has 0 amide bonds. The summed E-state index contributed by atoms with van der Waals surface area (Å²) in [5, 5.41) is 0. The topological polar surface area (TPSA) is 53.5 Å². The molecule has 1 aliphatic heterocycles. The van der Waals surface area contributed by atoms with Crippen LogP contribution < -0.4 is 0 Å². The van der Waals surface area contributed by atoms with Crippen molar-refractivity contribution in [2.24, 2.45) is 0 Å². The maximum Gasteiger partial charge on any atom is 0.196 e. The van der Waals surface area contributed by atoms with E-state index in [0.29, 0.717) is 24.2 Å². The molecule has 0 saturated carbocycles. The van der Waals surface area contributed by atoms with Crippen molar-refractivity contribution >= 4 is 11.6 Å². The summed E-state index contributed by atoms with van der Waals surface area (Å²) in [7, 11) is 0. The van der Waals surface area contributed by atoms with Gasteiger partial charge in [0.15, 0.2) is 17.1 Å². The highest BCUT2D eigenvalue weighted by Crippen LogP contribution is 2.43. The molecule has 0 atom stereocenters. The van der Waals surface area contributed by atoms with Crippen LogP contribution in [0, 0.1) is 6.92 Å². The Hall–Kier alpha value is -3.15. The fourth-order valence-electron chi connectivity index (χ4n) is 5.59. The highest BCUT2D eigenvalue weighted by molar-refractivity contribution is 6.32. The summed E-state index contributed by atoms with van der Waals surface area (Å²) in [6.45, 7) is 10.1. The molecule has 0 unspecified atom stereocenters. The molecule has 5 nitrogen and oxygen atoms in total. The molecule has 1 saturated heterocycles. The predicted molar refractivity (Wildman–Crippen MR) is 138 cm³/mol. The van der Waals surface area contributed by atoms with E-state index in [0.717, 1.165) is 49.4 Å². The van der Waals surface area contributed by atoms with Crippen LogP contribution in [0.5, 0.6) is 0 Å². The minimum absolute atomic E-state index is 0.0965. The van der Waals surface area contributed by atoms with Gasteiger partial charge in [0, 0.05) is 55.2 Å². The van der Waals surface area contributed by atoms with Crippen LogP contribution in [0.2, 0.25) is 0 Å². The van der Waals surface area contributed by atoms with Crippen LogP contribution in [0.15, 0.2) is 60.7 Å². The van der Waals surface area contributed by atoms with E-state index < -0.39 is 5.54 Å². The van der Waals surface area contributed by atoms with Gasteiger partial charge in [-0.25, -0.2) is 0 Å². The van der Waals surface area contributed by atoms with Crippen LogP contribution in [-0.4, -0.2) is 52.5 Å². The van der Waals surface area contributed by atoms with Gasteiger partial charge in [-0.2, -0.15) is 0 Å². The summed E-state index contributed by atoms with van der Waals surface area (Å²) in [5.41, 5.74) is 5.00. The van der Waals surface area contributed by atoms with Gasteiger partial charge in [-0.05, 0) is 48.6 Å². The average Bonchev–Trinajstić information content (AvgIpc) is 3.13. The molecular weight excluding hydrogens is 434 g/mol. The minimum Gasteiger partial charge on any atom is -0.297 e. The molecule has 2 aromatic carbocycles. The van der Waals surface area contributed by atoms with E-state index in [1.54, 1.807) is 12.1 Å². The summed E-state index contributed by atoms with van der Waals surface area (Å²) >= 11 is 0. The molecule has 2 aliphatic rings. The first-order chi connectivity index (χ1) is 17.0. The fraction of sp³-hybridized carbons (Fsp3) is 0.367. The largest absolute Gasteiger partial charge is 0.297 e. The molecule has 1 fully saturated rings. The van der Waals surface area contributed by atoms with Crippen LogP contribution in [0.3, 0.4) is 0 Å². The molecule has 2 heterocycles. The van der Waals surface area contributed by atoms with Crippen molar-refractivity contribution in [2.45, 2.75) is 45.7 Å². The Morgan fingerprint density at radius 2 is 1.34 bits per heavy atom. The number of pyridine rings is 1. The highest BCUT2D eigenvalue weighted by atomic mass is 16.2. The molecule has 0 spiro atoms. The second-order valence-electron chi connectivity index (χ2n) is 9.65. The predicted octanol–water partition coefficient (Wildman–Crippen LogP) is 4.61. The zero-order valence-electron chi connectivity index (χ0n) is 20.9. The molecule has 35 heavy (non-hydrogen) atoms. The zero-order valence-corrected chi connectivity index (χ0v) is 20.9. The summed E-state index contributed by atoms with van der Waals surface area (Å²) in [6.07, 6.45) is 1.52. The third kappa shape index (κ3) is 3.93. The Morgan fingerprint density at radius 3 is 1.89 bits per heavy atom. The lowest BCUT2D eigenvalue weighted by atomic mass is 9.81. The maximum atomic E-state index is 14.1. The van der Waals surface area contributed by atoms with Crippen LogP contribution in [-0.2, 0) is 24.9 Å². The molecular formula is C30H33N3O2. The van der Waals surface area contributed by atoms with Crippen LogP contribution in [0.25, 0.3) is 0 Å². The number of carbonyl (C=O) groups excluding carboxylic acids is 2. The Labute approximate surface area is 207 Å². The first kappa shape index (κ1) is 23.6. The maximum absolute atomic E-state index is 14.1. The van der Waals surface area contributed by atoms with Gasteiger partial charge in [0.1, 0.15) is 0 Å². The van der Waals surface area contributed by atoms with E-state index in [1.165, 1.54) is 11.1 Å². The van der Waals surface area contributed by atoms with Crippen molar-refractivity contribution in [1.82, 2.24) is 14.8 Å². The highest BCUT2D eigenvalue weighted by Gasteiger charge is 2.58. The number of hydrogen-bond acceptors (Lipinski definition) is 5. The molecule has 1 aliphatic carbocycles. The number of ketones is 2. The Balaban J connectivity index is 1.53. The third-order valence-electron chi connectivity index (χ3n) is 7.65. The fourth-order valence-corrected chi connectivity index (χ4v) is 5.59. The van der Waals surface area contributed by atoms with Gasteiger partial charge in [0.05, 0.1) is 0 Å². The van der Waals surface area contributed by atoms with Gasteiger partial charge >= 0.3 is 0 Å². The summed E-state index contributed by atoms with van der Waals surface area (Å²) in [6, 6.07) is 19.8. The smallest absolute Gasteiger partial charge is 0.196 e. The number of Topliss-reactive ketones (excluding diaryl/α,β-unsaturated/α-hetero) is 2. The lowest BCUT2D eigenvalue weighted by Gasteiger charge is -2.44. The summed E-state index contributed by atoms with van der Waals surface area (Å²) < 4.78 is 0. The Morgan fingerprint density at radius 1 is 0.800 bits per heavy atom. The molecule has 0 N–H and O–H groups in total. The summed E-state index contributed by atoms with van der Waals surface area (Å²) in [5.74, 6) is -0.193. The van der Waals surface area contributed by atoms with Gasteiger partial charge in [0.25, 0.3) is 0 Å². The lowest BCUT2D eigenvalue weighted by molar-refractivity contribution is 0.0278. The number of benzene rings is 2. The zero-order chi connectivity index (χ0) is 24.6. The van der Waals surface area contributed by atoms with E-state index in [4.69, 9.17) is 4.98 Å². The molecule has 180 valence electrons. The van der Waals surface area contributed by atoms with Gasteiger partial charge in [-0.3, -0.25) is 24.4 Å². The summed E-state index contributed by atoms with van der Waals surface area (Å²) in [4.78, 5) is 37.6. The third-order valence-corrected chi connectivity index (χ3v) is 7.65. The number of aromatic nitrogens is 1. The van der Waals surface area contributed by atoms with Crippen molar-refractivity contribution in [2.75, 3.05) is 26.2 Å². The SMILES string of the molecule is CCc1cc(C2(N3CCN(Cc4ccccc4C)CC3)C(=O)c3ccccc3C2=O)cc(CC)n1. The second kappa shape index (κ2) is 9.48. The number of fused-ring (bicyclic) bond motifs is 1. The first-order valence-corrected chi connectivity index (χ1v) is 12.7. The first-order valence-electron chi connectivity index (χ1n) is 12.7. The van der Waals surface area contributed by atoms with Gasteiger partial charge in [-0.15, -0.1) is 0 Å². The molecule has 1 aromatic heterocycles. The number of piperazine rings is 1. The van der Waals surface area contributed by atoms with Crippen molar-refractivity contribution < 1.29 is 9.59 Å². The number of hydrogen-bond donors (Lipinski definition) is 0. The standard InChI is InChI=1S/C30H33N3O2/c1-4-24-18-23(19-25(5-2)31-24)30(28(34)26-12-8-9-13-27(26)29(30)35)33-16-14-32(15-17-33)20-22-11-7-6-10-21(22)3/h6-13,18-19H,4-5,14-17,20H2,1-3H3. The quantitative estimate of drug-likeness (QED) is 0.496. The van der Waals surface area contributed by atoms with Crippen molar-refractivity contribution in [3.63, 3.8) is 0 Å². The van der Waals surface area contributed by atoms with E-state index in [9.17, 15) is 9.59 Å². The molecule has 5 heteroatoms. The number of nitrogens with zero attached hydrogens (tertiary/aromatic N) is 3. The van der Waals surface area contributed by atoms with E-state index in [-0.39, 0.29) is 11.6 Å². The van der Waals surface area contributed by atoms with Crippen molar-refractivity contribution in [1.29, 1.82) is 0 Å². The number of carbonyl (C=O) groups is 2. The van der Waals surface area contributed by atoms with Crippen LogP contribution in [0.4, 0.5) is 0 Å². The Kier molecular flexibility index (Phi) is 6.39. The van der Waals surface area contributed by atoms with Gasteiger partial charge in [0.2, 0.25) is 0 Å². The van der Waals surface area contributed by atoms with Crippen LogP contribution in [0.1, 0.15) is 62.6 Å². The van der Waals surface area contributed by atoms with Crippen molar-refractivity contribution in [3.05, 3.63) is 99.9 Å². The van der Waals surface area contributed by atoms with E-state index >= 15 is 0 Å². The average molecular weight is 468 g/mol. The van der Waals surface area contributed by atoms with Crippen LogP contribution >= 0.6 is 0 Å². The number of aryl methyl sites for hydroxylation is 3. The van der Waals surface area contributed by atoms with E-state index in [2.05, 4.69) is 54.8 Å². The Bertz CT molecular complexity index is 1220. The van der Waals surface area contributed by atoms with E-state index in [1.807, 2.05) is 24.3 Å². The second-order valence-corrected chi connectivity index (χ2v) is 9.65. The molecule has 0 radical (unpaired) electrons.